The molecule has 3 nitrogen and oxygen atoms in total. The molecule has 1 rings (SSSR count). The molecule has 1 aromatic rings. The zero-order valence-electron chi connectivity index (χ0n) is 10.5. The lowest BCUT2D eigenvalue weighted by Crippen LogP contribution is -2.15. The molecule has 0 spiro atoms. The predicted molar refractivity (Wildman–Crippen MR) is 86.8 cm³/mol. The fraction of sp³-hybridized carbons (Fsp3) is 0.417. The molecule has 6 heteroatoms. The van der Waals surface area contributed by atoms with Crippen LogP contribution >= 0.6 is 40.1 Å². The summed E-state index contributed by atoms with van der Waals surface area (Å²) in [6, 6.07) is 3.75. The molecule has 0 saturated heterocycles. The summed E-state index contributed by atoms with van der Waals surface area (Å²) in [4.78, 5) is 11.7. The highest BCUT2D eigenvalue weighted by Gasteiger charge is 2.08. The second-order valence-corrected chi connectivity index (χ2v) is 5.81. The van der Waals surface area contributed by atoms with Gasteiger partial charge in [-0.2, -0.15) is 11.8 Å². The van der Waals surface area contributed by atoms with Crippen LogP contribution in [0.4, 0.5) is 11.4 Å². The Morgan fingerprint density at radius 1 is 1.50 bits per heavy atom. The molecule has 0 saturated carbocycles. The third-order valence-electron chi connectivity index (χ3n) is 2.21. The van der Waals surface area contributed by atoms with Crippen LogP contribution in [0.3, 0.4) is 0 Å². The molecule has 18 heavy (non-hydrogen) atoms. The molecule has 0 aromatic heterocycles. The first kappa shape index (κ1) is 17.6. The highest BCUT2D eigenvalue weighted by atomic mass is 79.9. The molecule has 0 aliphatic rings. The summed E-state index contributed by atoms with van der Waals surface area (Å²) in [5, 5.41) is 2.84. The molecule has 0 aliphatic carbocycles. The summed E-state index contributed by atoms with van der Waals surface area (Å²) in [6.45, 7) is 4.02. The van der Waals surface area contributed by atoms with Crippen LogP contribution < -0.4 is 11.1 Å². The van der Waals surface area contributed by atoms with E-state index < -0.39 is 0 Å². The van der Waals surface area contributed by atoms with Gasteiger partial charge in [0.25, 0.3) is 0 Å². The van der Waals surface area contributed by atoms with E-state index in [4.69, 9.17) is 5.73 Å². The largest absolute Gasteiger partial charge is 0.397 e. The van der Waals surface area contributed by atoms with Crippen LogP contribution in [0.1, 0.15) is 18.9 Å². The molecule has 0 bridgehead atoms. The maximum atomic E-state index is 11.7. The summed E-state index contributed by atoms with van der Waals surface area (Å²) in [5.74, 6) is 1.46. The Morgan fingerprint density at radius 2 is 2.17 bits per heavy atom. The van der Waals surface area contributed by atoms with Gasteiger partial charge in [-0.25, -0.2) is 0 Å². The minimum atomic E-state index is -0.00681. The Morgan fingerprint density at radius 3 is 2.78 bits per heavy atom. The van der Waals surface area contributed by atoms with E-state index in [9.17, 15) is 4.79 Å². The van der Waals surface area contributed by atoms with Gasteiger partial charge in [-0.05, 0) is 36.8 Å². The number of thioether (sulfide) groups is 1. The van der Waals surface area contributed by atoms with Gasteiger partial charge in [-0.15, -0.1) is 12.4 Å². The number of nitrogens with one attached hydrogen (secondary N) is 1. The van der Waals surface area contributed by atoms with Crippen molar-refractivity contribution in [2.75, 3.05) is 22.6 Å². The first-order valence-electron chi connectivity index (χ1n) is 5.47. The number of rotatable bonds is 5. The normalized spacial score (nSPS) is 9.72. The molecule has 0 radical (unpaired) electrons. The number of anilines is 2. The van der Waals surface area contributed by atoms with Crippen molar-refractivity contribution < 1.29 is 4.79 Å². The van der Waals surface area contributed by atoms with E-state index in [0.29, 0.717) is 17.1 Å². The Balaban J connectivity index is 0.00000289. The van der Waals surface area contributed by atoms with Gasteiger partial charge in [0.2, 0.25) is 5.91 Å². The molecule has 1 amide bonds. The third kappa shape index (κ3) is 5.50. The Bertz CT molecular complexity index is 415. The monoisotopic (exact) mass is 352 g/mol. The topological polar surface area (TPSA) is 55.1 Å². The highest BCUT2D eigenvalue weighted by Crippen LogP contribution is 2.27. The highest BCUT2D eigenvalue weighted by molar-refractivity contribution is 9.10. The maximum Gasteiger partial charge on any atom is 0.234 e. The molecule has 3 N–H and O–H groups in total. The standard InChI is InChI=1S/C12H17BrN2OS.ClH/c1-3-4-17-7-11(16)15-10-6-9(13)5-8(2)12(10)14;/h5-6H,3-4,7,14H2,1-2H3,(H,15,16);1H. The molecule has 1 aromatic carbocycles. The number of nitrogen functional groups attached to an aromatic ring is 1. The number of carbonyl (C=O) groups is 1. The van der Waals surface area contributed by atoms with Gasteiger partial charge in [-0.1, -0.05) is 22.9 Å². The summed E-state index contributed by atoms with van der Waals surface area (Å²) in [7, 11) is 0. The number of hydrogen-bond donors (Lipinski definition) is 2. The van der Waals surface area contributed by atoms with Crippen LogP contribution in [-0.2, 0) is 4.79 Å². The van der Waals surface area contributed by atoms with E-state index in [1.165, 1.54) is 0 Å². The molecular formula is C12H18BrClN2OS. The average Bonchev–Trinajstić information content (AvgIpc) is 2.25. The number of aryl methyl sites for hydroxylation is 1. The zero-order valence-corrected chi connectivity index (χ0v) is 13.7. The number of nitrogens with two attached hydrogens (primary N) is 1. The van der Waals surface area contributed by atoms with Crippen molar-refractivity contribution in [1.82, 2.24) is 0 Å². The van der Waals surface area contributed by atoms with Crippen LogP contribution in [0, 0.1) is 6.92 Å². The molecule has 0 atom stereocenters. The van der Waals surface area contributed by atoms with Gasteiger partial charge in [0.15, 0.2) is 0 Å². The van der Waals surface area contributed by atoms with Crippen molar-refractivity contribution in [3.8, 4) is 0 Å². The maximum absolute atomic E-state index is 11.7. The zero-order chi connectivity index (χ0) is 12.8. The van der Waals surface area contributed by atoms with Gasteiger partial charge in [-0.3, -0.25) is 4.79 Å². The van der Waals surface area contributed by atoms with E-state index in [2.05, 4.69) is 28.2 Å². The predicted octanol–water partition coefficient (Wildman–Crippen LogP) is 3.84. The van der Waals surface area contributed by atoms with Crippen molar-refractivity contribution in [3.63, 3.8) is 0 Å². The molecule has 0 aliphatic heterocycles. The lowest BCUT2D eigenvalue weighted by molar-refractivity contribution is -0.113. The molecular weight excluding hydrogens is 336 g/mol. The number of amides is 1. The molecule has 0 fully saturated rings. The van der Waals surface area contributed by atoms with Crippen LogP contribution in [0.15, 0.2) is 16.6 Å². The Kier molecular flexibility index (Phi) is 8.48. The second kappa shape index (κ2) is 8.67. The fourth-order valence-electron chi connectivity index (χ4n) is 1.35. The van der Waals surface area contributed by atoms with E-state index in [0.717, 1.165) is 22.2 Å². The molecule has 0 unspecified atom stereocenters. The summed E-state index contributed by atoms with van der Waals surface area (Å²) >= 11 is 5.02. The minimum Gasteiger partial charge on any atom is -0.397 e. The average molecular weight is 354 g/mol. The number of halogens is 2. The summed E-state index contributed by atoms with van der Waals surface area (Å²) in [5.41, 5.74) is 8.17. The Labute approximate surface area is 127 Å². The number of benzene rings is 1. The van der Waals surface area contributed by atoms with E-state index in [1.807, 2.05) is 19.1 Å². The SMILES string of the molecule is CCCSCC(=O)Nc1cc(Br)cc(C)c1N.Cl. The second-order valence-electron chi connectivity index (χ2n) is 3.78. The lowest BCUT2D eigenvalue weighted by atomic mass is 10.2. The van der Waals surface area contributed by atoms with Crippen LogP contribution in [0.2, 0.25) is 0 Å². The van der Waals surface area contributed by atoms with Gasteiger partial charge in [0, 0.05) is 4.47 Å². The van der Waals surface area contributed by atoms with E-state index in [1.54, 1.807) is 11.8 Å². The summed E-state index contributed by atoms with van der Waals surface area (Å²) in [6.07, 6.45) is 1.08. The number of carbonyl (C=O) groups excluding carboxylic acids is 1. The van der Waals surface area contributed by atoms with Crippen molar-refractivity contribution >= 4 is 57.4 Å². The Hall–Kier alpha value is -0.390. The van der Waals surface area contributed by atoms with Gasteiger partial charge >= 0.3 is 0 Å². The van der Waals surface area contributed by atoms with Crippen molar-refractivity contribution in [2.45, 2.75) is 20.3 Å². The quantitative estimate of drug-likeness (QED) is 0.624. The molecule has 102 valence electrons. The van der Waals surface area contributed by atoms with Gasteiger partial charge in [0.1, 0.15) is 0 Å². The minimum absolute atomic E-state index is 0. The molecule has 0 heterocycles. The van der Waals surface area contributed by atoms with Crippen LogP contribution in [0.5, 0.6) is 0 Å². The van der Waals surface area contributed by atoms with E-state index >= 15 is 0 Å². The van der Waals surface area contributed by atoms with Crippen molar-refractivity contribution in [1.29, 1.82) is 0 Å². The van der Waals surface area contributed by atoms with Gasteiger partial charge < -0.3 is 11.1 Å². The van der Waals surface area contributed by atoms with Crippen molar-refractivity contribution in [2.24, 2.45) is 0 Å². The van der Waals surface area contributed by atoms with Crippen LogP contribution in [-0.4, -0.2) is 17.4 Å². The fourth-order valence-corrected chi connectivity index (χ4v) is 2.62. The smallest absolute Gasteiger partial charge is 0.234 e. The first-order chi connectivity index (χ1) is 8.04. The summed E-state index contributed by atoms with van der Waals surface area (Å²) < 4.78 is 0.917. The van der Waals surface area contributed by atoms with Crippen molar-refractivity contribution in [3.05, 3.63) is 22.2 Å². The first-order valence-corrected chi connectivity index (χ1v) is 7.42. The lowest BCUT2D eigenvalue weighted by Gasteiger charge is -2.11. The van der Waals surface area contributed by atoms with E-state index in [-0.39, 0.29) is 18.3 Å². The third-order valence-corrected chi connectivity index (χ3v) is 3.83. The van der Waals surface area contributed by atoms with Crippen LogP contribution in [0.25, 0.3) is 0 Å². The number of hydrogen-bond acceptors (Lipinski definition) is 3. The van der Waals surface area contributed by atoms with Gasteiger partial charge in [0.05, 0.1) is 17.1 Å².